The molecule has 0 aliphatic heterocycles. The van der Waals surface area contributed by atoms with Crippen molar-refractivity contribution in [1.29, 1.82) is 0 Å². The van der Waals surface area contributed by atoms with Crippen molar-refractivity contribution >= 4 is 22.6 Å². The predicted octanol–water partition coefficient (Wildman–Crippen LogP) is 3.39. The summed E-state index contributed by atoms with van der Waals surface area (Å²) in [6, 6.07) is 2.39. The summed E-state index contributed by atoms with van der Waals surface area (Å²) in [7, 11) is 0. The number of halogens is 1. The molecule has 0 amide bonds. The summed E-state index contributed by atoms with van der Waals surface area (Å²) in [6.45, 7) is 6.60. The van der Waals surface area contributed by atoms with Crippen LogP contribution in [-0.4, -0.2) is 14.5 Å². The van der Waals surface area contributed by atoms with Crippen LogP contribution < -0.4 is 0 Å². The molecule has 0 saturated carbocycles. The molecule has 0 N–H and O–H groups in total. The van der Waals surface area contributed by atoms with Gasteiger partial charge in [-0.1, -0.05) is 13.8 Å². The normalized spacial score (nSPS) is 13.6. The van der Waals surface area contributed by atoms with E-state index >= 15 is 0 Å². The van der Waals surface area contributed by atoms with Gasteiger partial charge in [0.15, 0.2) is 0 Å². The van der Waals surface area contributed by atoms with E-state index in [9.17, 15) is 0 Å². The van der Waals surface area contributed by atoms with Gasteiger partial charge in [-0.05, 0) is 18.9 Å². The average Bonchev–Trinajstić information content (AvgIpc) is 2.66. The van der Waals surface area contributed by atoms with Gasteiger partial charge < -0.3 is 4.57 Å². The molecule has 0 bridgehead atoms. The van der Waals surface area contributed by atoms with Gasteiger partial charge in [0, 0.05) is 12.2 Å². The molecule has 0 aromatic carbocycles. The molecule has 2 heterocycles. The van der Waals surface area contributed by atoms with E-state index in [-0.39, 0.29) is 0 Å². The fourth-order valence-corrected chi connectivity index (χ4v) is 2.04. The molecule has 16 heavy (non-hydrogen) atoms. The highest BCUT2D eigenvalue weighted by Crippen LogP contribution is 2.25. The van der Waals surface area contributed by atoms with E-state index in [0.29, 0.717) is 17.8 Å². The first-order chi connectivity index (χ1) is 7.65. The van der Waals surface area contributed by atoms with Gasteiger partial charge in [-0.2, -0.15) is 0 Å². The Morgan fingerprint density at radius 1 is 1.38 bits per heavy atom. The van der Waals surface area contributed by atoms with Gasteiger partial charge >= 0.3 is 0 Å². The van der Waals surface area contributed by atoms with Crippen molar-refractivity contribution in [2.75, 3.05) is 0 Å². The lowest BCUT2D eigenvalue weighted by atomic mass is 10.1. The van der Waals surface area contributed by atoms with E-state index in [1.54, 1.807) is 12.4 Å². The quantitative estimate of drug-likeness (QED) is 0.767. The highest BCUT2D eigenvalue weighted by atomic mass is 35.5. The summed E-state index contributed by atoms with van der Waals surface area (Å²) in [5.74, 6) is 1.91. The van der Waals surface area contributed by atoms with E-state index in [1.807, 2.05) is 6.07 Å². The summed E-state index contributed by atoms with van der Waals surface area (Å²) < 4.78 is 2.22. The van der Waals surface area contributed by atoms with E-state index in [2.05, 4.69) is 35.3 Å². The summed E-state index contributed by atoms with van der Waals surface area (Å²) in [6.07, 6.45) is 3.58. The molecule has 2 aromatic rings. The third-order valence-electron chi connectivity index (χ3n) is 3.06. The van der Waals surface area contributed by atoms with Gasteiger partial charge in [0.25, 0.3) is 0 Å². The van der Waals surface area contributed by atoms with Crippen LogP contribution in [-0.2, 0) is 5.88 Å². The first kappa shape index (κ1) is 11.4. The smallest absolute Gasteiger partial charge is 0.125 e. The largest absolute Gasteiger partial charge is 0.324 e. The minimum atomic E-state index is 0.390. The van der Waals surface area contributed by atoms with Crippen LogP contribution in [0.4, 0.5) is 0 Å². The van der Waals surface area contributed by atoms with Crippen molar-refractivity contribution in [1.82, 2.24) is 14.5 Å². The minimum absolute atomic E-state index is 0.390. The van der Waals surface area contributed by atoms with Gasteiger partial charge in [-0.3, -0.25) is 4.98 Å². The summed E-state index contributed by atoms with van der Waals surface area (Å²) in [5, 5.41) is 0. The lowest BCUT2D eigenvalue weighted by molar-refractivity contribution is 0.409. The van der Waals surface area contributed by atoms with Crippen LogP contribution in [0.15, 0.2) is 18.5 Å². The Bertz CT molecular complexity index is 490. The molecule has 2 aromatic heterocycles. The summed E-state index contributed by atoms with van der Waals surface area (Å²) in [4.78, 5) is 8.59. The number of hydrogen-bond donors (Lipinski definition) is 0. The fraction of sp³-hybridized carbons (Fsp3) is 0.500. The first-order valence-corrected chi connectivity index (χ1v) is 6.05. The van der Waals surface area contributed by atoms with Crippen LogP contribution in [0.3, 0.4) is 0 Å². The van der Waals surface area contributed by atoms with Crippen molar-refractivity contribution in [3.8, 4) is 0 Å². The third-order valence-corrected chi connectivity index (χ3v) is 3.30. The van der Waals surface area contributed by atoms with Crippen LogP contribution in [0.25, 0.3) is 11.0 Å². The number of rotatable bonds is 3. The predicted molar refractivity (Wildman–Crippen MR) is 66.6 cm³/mol. The van der Waals surface area contributed by atoms with Crippen molar-refractivity contribution in [2.24, 2.45) is 5.92 Å². The summed E-state index contributed by atoms with van der Waals surface area (Å²) >= 11 is 5.95. The molecule has 3 nitrogen and oxygen atoms in total. The SMILES string of the molecule is CC(C)C(C)n1c(CCl)nc2cnccc21. The molecule has 0 radical (unpaired) electrons. The van der Waals surface area contributed by atoms with Gasteiger partial charge in [-0.25, -0.2) is 4.98 Å². The van der Waals surface area contributed by atoms with Crippen LogP contribution >= 0.6 is 11.6 Å². The monoisotopic (exact) mass is 237 g/mol. The van der Waals surface area contributed by atoms with Crippen molar-refractivity contribution in [3.63, 3.8) is 0 Å². The van der Waals surface area contributed by atoms with E-state index in [4.69, 9.17) is 11.6 Å². The lowest BCUT2D eigenvalue weighted by Gasteiger charge is -2.20. The number of nitrogens with zero attached hydrogens (tertiary/aromatic N) is 3. The Balaban J connectivity index is 2.64. The Kier molecular flexibility index (Phi) is 3.15. The second kappa shape index (κ2) is 4.42. The maximum atomic E-state index is 5.95. The standard InChI is InChI=1S/C12H16ClN3/c1-8(2)9(3)16-11-4-5-14-7-10(11)15-12(16)6-13/h4-5,7-9H,6H2,1-3H3. The topological polar surface area (TPSA) is 30.7 Å². The molecular weight excluding hydrogens is 222 g/mol. The molecule has 86 valence electrons. The third kappa shape index (κ3) is 1.80. The number of alkyl halides is 1. The van der Waals surface area contributed by atoms with Crippen molar-refractivity contribution in [3.05, 3.63) is 24.3 Å². The van der Waals surface area contributed by atoms with Gasteiger partial charge in [0.2, 0.25) is 0 Å². The van der Waals surface area contributed by atoms with Crippen molar-refractivity contribution < 1.29 is 0 Å². The molecule has 0 aliphatic rings. The maximum Gasteiger partial charge on any atom is 0.125 e. The molecule has 0 fully saturated rings. The van der Waals surface area contributed by atoms with Crippen LogP contribution in [0.5, 0.6) is 0 Å². The maximum absolute atomic E-state index is 5.95. The van der Waals surface area contributed by atoms with Crippen molar-refractivity contribution in [2.45, 2.75) is 32.7 Å². The number of aromatic nitrogens is 3. The number of imidazole rings is 1. The summed E-state index contributed by atoms with van der Waals surface area (Å²) in [5.41, 5.74) is 2.04. The van der Waals surface area contributed by atoms with Gasteiger partial charge in [-0.15, -0.1) is 11.6 Å². The van der Waals surface area contributed by atoms with Gasteiger partial charge in [0.05, 0.1) is 17.6 Å². The van der Waals surface area contributed by atoms with E-state index in [1.165, 1.54) is 0 Å². The molecule has 2 rings (SSSR count). The highest BCUT2D eigenvalue weighted by Gasteiger charge is 2.17. The minimum Gasteiger partial charge on any atom is -0.324 e. The number of fused-ring (bicyclic) bond motifs is 1. The lowest BCUT2D eigenvalue weighted by Crippen LogP contribution is -2.13. The second-order valence-electron chi connectivity index (χ2n) is 4.38. The molecule has 0 spiro atoms. The number of hydrogen-bond acceptors (Lipinski definition) is 2. The number of pyridine rings is 1. The Hall–Kier alpha value is -1.09. The molecule has 1 atom stereocenters. The van der Waals surface area contributed by atoms with Crippen LogP contribution in [0, 0.1) is 5.92 Å². The molecular formula is C12H16ClN3. The Morgan fingerprint density at radius 2 is 2.12 bits per heavy atom. The molecule has 0 aliphatic carbocycles. The van der Waals surface area contributed by atoms with Gasteiger partial charge in [0.1, 0.15) is 11.3 Å². The highest BCUT2D eigenvalue weighted by molar-refractivity contribution is 6.16. The molecule has 0 saturated heterocycles. The molecule has 4 heteroatoms. The first-order valence-electron chi connectivity index (χ1n) is 5.52. The zero-order chi connectivity index (χ0) is 11.7. The fourth-order valence-electron chi connectivity index (χ4n) is 1.85. The zero-order valence-corrected chi connectivity index (χ0v) is 10.6. The van der Waals surface area contributed by atoms with E-state index < -0.39 is 0 Å². The van der Waals surface area contributed by atoms with Crippen LogP contribution in [0.1, 0.15) is 32.6 Å². The average molecular weight is 238 g/mol. The zero-order valence-electron chi connectivity index (χ0n) is 9.81. The molecule has 1 unspecified atom stereocenters. The Morgan fingerprint density at radius 3 is 2.75 bits per heavy atom. The Labute approximate surface area is 100 Å². The van der Waals surface area contributed by atoms with Crippen LogP contribution in [0.2, 0.25) is 0 Å². The van der Waals surface area contributed by atoms with E-state index in [0.717, 1.165) is 16.9 Å². The second-order valence-corrected chi connectivity index (χ2v) is 4.65.